The minimum Gasteiger partial charge on any atom is -0.857 e. The first-order valence-electron chi connectivity index (χ1n) is 10.0. The smallest absolute Gasteiger partial charge is 0.857 e. The zero-order valence-corrected chi connectivity index (χ0v) is 24.0. The summed E-state index contributed by atoms with van der Waals surface area (Å²) >= 11 is 0. The van der Waals surface area contributed by atoms with Gasteiger partial charge in [0.15, 0.2) is 0 Å². The molecule has 0 aliphatic heterocycles. The van der Waals surface area contributed by atoms with Crippen LogP contribution >= 0.6 is 0 Å². The monoisotopic (exact) mass is 448 g/mol. The van der Waals surface area contributed by atoms with Crippen molar-refractivity contribution in [3.8, 4) is 0 Å². The fraction of sp³-hybridized carbons (Fsp3) is 0.727. The largest absolute Gasteiger partial charge is 1.00 e. The van der Waals surface area contributed by atoms with Gasteiger partial charge < -0.3 is 25.2 Å². The third kappa shape index (κ3) is 63.0. The maximum atomic E-state index is 10.1. The van der Waals surface area contributed by atoms with Gasteiger partial charge in [-0.2, -0.15) is 7.11 Å². The van der Waals surface area contributed by atoms with Crippen molar-refractivity contribution in [3.63, 3.8) is 0 Å². The molecule has 0 amide bonds. The number of aliphatic hydroxyl groups is 1. The van der Waals surface area contributed by atoms with E-state index in [1.165, 1.54) is 25.7 Å². The average Bonchev–Trinajstić information content (AvgIpc) is 2.70. The van der Waals surface area contributed by atoms with E-state index < -0.39 is 11.9 Å². The predicted molar refractivity (Wildman–Crippen MR) is 112 cm³/mol. The third-order valence-corrected chi connectivity index (χ3v) is 3.59. The van der Waals surface area contributed by atoms with E-state index in [-0.39, 0.29) is 65.5 Å². The summed E-state index contributed by atoms with van der Waals surface area (Å²) in [5, 5.41) is 33.6. The molecule has 0 spiro atoms. The Balaban J connectivity index is -0.0000000776. The number of aliphatic hydroxyl groups excluding tert-OH is 1. The summed E-state index contributed by atoms with van der Waals surface area (Å²) in [7, 11) is 1.75. The minimum atomic E-state index is -0.930. The van der Waals surface area contributed by atoms with Gasteiger partial charge in [-0.3, -0.25) is 4.79 Å². The molecule has 0 aromatic heterocycles. The van der Waals surface area contributed by atoms with E-state index in [4.69, 9.17) is 15.3 Å². The summed E-state index contributed by atoms with van der Waals surface area (Å²) in [5.41, 5.74) is 0. The van der Waals surface area contributed by atoms with Crippen molar-refractivity contribution < 1.29 is 89.1 Å². The summed E-state index contributed by atoms with van der Waals surface area (Å²) in [4.78, 5) is 20.1. The van der Waals surface area contributed by atoms with Crippen LogP contribution in [-0.2, 0) is 9.59 Å². The second kappa shape index (κ2) is 47.2. The first kappa shape index (κ1) is 44.1. The number of unbranched alkanes of at least 4 members (excludes halogenated alkanes) is 10. The summed E-state index contributed by atoms with van der Waals surface area (Å²) < 4.78 is 0. The second-order valence-corrected chi connectivity index (χ2v) is 5.96. The molecule has 0 rings (SSSR count). The molecule has 0 aromatic carbocycles. The number of rotatable bonds is 16. The van der Waals surface area contributed by atoms with Crippen LogP contribution in [0.15, 0.2) is 25.3 Å². The molecule has 0 heterocycles. The Labute approximate surface area is 228 Å². The van der Waals surface area contributed by atoms with Crippen molar-refractivity contribution >= 4 is 11.9 Å². The molecule has 2 N–H and O–H groups in total. The van der Waals surface area contributed by atoms with Crippen LogP contribution in [0, 0.1) is 0 Å². The molecule has 0 aromatic rings. The summed E-state index contributed by atoms with van der Waals surface area (Å²) in [6.45, 7) is 7.27. The van der Waals surface area contributed by atoms with E-state index in [2.05, 4.69) is 13.2 Å². The molecule has 0 bridgehead atoms. The average molecular weight is 449 g/mol. The summed E-state index contributed by atoms with van der Waals surface area (Å²) in [5.74, 6) is -1.61. The number of aliphatic carboxylic acids is 2. The van der Waals surface area contributed by atoms with Crippen molar-refractivity contribution in [2.24, 2.45) is 0 Å². The van der Waals surface area contributed by atoms with Crippen LogP contribution in [0.25, 0.3) is 0 Å². The second-order valence-electron chi connectivity index (χ2n) is 5.96. The molecule has 0 radical (unpaired) electrons. The van der Waals surface area contributed by atoms with Crippen LogP contribution in [0.2, 0.25) is 0 Å². The van der Waals surface area contributed by atoms with Crippen molar-refractivity contribution in [3.05, 3.63) is 25.3 Å². The van der Waals surface area contributed by atoms with E-state index in [9.17, 15) is 14.7 Å². The predicted octanol–water partition coefficient (Wildman–Crippen LogP) is -2.77. The van der Waals surface area contributed by atoms with E-state index in [0.29, 0.717) is 6.42 Å². The number of allylic oxidation sites excluding steroid dienone is 2. The molecule has 30 heavy (non-hydrogen) atoms. The first-order chi connectivity index (χ1) is 13.5. The van der Waals surface area contributed by atoms with Crippen molar-refractivity contribution in [2.75, 3.05) is 14.2 Å². The molecular weight excluding hydrogens is 406 g/mol. The minimum absolute atomic E-state index is 0. The molecule has 0 unspecified atom stereocenters. The number of hydrogen-bond donors (Lipinski definition) is 2. The number of carbonyl (C=O) groups excluding carboxylic acids is 1. The molecule has 0 saturated carbocycles. The number of carboxylic acids is 2. The van der Waals surface area contributed by atoms with Crippen LogP contribution in [-0.4, -0.2) is 36.4 Å². The maximum absolute atomic E-state index is 10.1. The normalized spacial score (nSPS) is 8.13. The number of carboxylic acid groups (broad SMARTS) is 2. The van der Waals surface area contributed by atoms with Crippen LogP contribution < -0.4 is 69.3 Å². The van der Waals surface area contributed by atoms with Crippen molar-refractivity contribution in [1.29, 1.82) is 0 Å². The van der Waals surface area contributed by atoms with Crippen molar-refractivity contribution in [2.45, 2.75) is 89.9 Å². The molecule has 6 nitrogen and oxygen atoms in total. The van der Waals surface area contributed by atoms with Gasteiger partial charge in [-0.05, 0) is 44.9 Å². The topological polar surface area (TPSA) is 121 Å². The van der Waals surface area contributed by atoms with E-state index in [0.717, 1.165) is 65.6 Å². The molecule has 8 heteroatoms. The van der Waals surface area contributed by atoms with Gasteiger partial charge in [-0.25, -0.2) is 0 Å². The molecular formula is C22H42Na2O6. The van der Waals surface area contributed by atoms with Crippen LogP contribution in [0.3, 0.4) is 0 Å². The van der Waals surface area contributed by atoms with Gasteiger partial charge in [0.1, 0.15) is 0 Å². The van der Waals surface area contributed by atoms with Gasteiger partial charge in [0.25, 0.3) is 0 Å². The number of hydrogen-bond acceptors (Lipinski definition) is 5. The Morgan fingerprint density at radius 1 is 0.700 bits per heavy atom. The Morgan fingerprint density at radius 3 is 1.30 bits per heavy atom. The van der Waals surface area contributed by atoms with E-state index in [1.54, 1.807) is 0 Å². The van der Waals surface area contributed by atoms with E-state index in [1.807, 2.05) is 12.2 Å². The van der Waals surface area contributed by atoms with Crippen LogP contribution in [0.5, 0.6) is 0 Å². The summed E-state index contributed by atoms with van der Waals surface area (Å²) in [6, 6.07) is 0. The quantitative estimate of drug-likeness (QED) is 0.150. The first-order valence-corrected chi connectivity index (χ1v) is 10.0. The fourth-order valence-corrected chi connectivity index (χ4v) is 2.18. The molecule has 168 valence electrons. The van der Waals surface area contributed by atoms with Gasteiger partial charge in [0.2, 0.25) is 0 Å². The van der Waals surface area contributed by atoms with Crippen molar-refractivity contribution in [1.82, 2.24) is 0 Å². The summed E-state index contributed by atoms with van der Waals surface area (Å²) in [6.07, 6.45) is 17.2. The van der Waals surface area contributed by atoms with Gasteiger partial charge >= 0.3 is 65.1 Å². The van der Waals surface area contributed by atoms with Gasteiger partial charge in [0, 0.05) is 19.5 Å². The van der Waals surface area contributed by atoms with Gasteiger partial charge in [0.05, 0.1) is 0 Å². The SMILES string of the molecule is C=CCCCCCCCC(=O)O.C=CCCCCCCCC(=O)[O-].CO.C[O-].[Na+].[Na+]. The molecule has 0 atom stereocenters. The molecule has 0 aliphatic rings. The third-order valence-electron chi connectivity index (χ3n) is 3.59. The molecule has 0 aliphatic carbocycles. The van der Waals surface area contributed by atoms with Crippen LogP contribution in [0.1, 0.15) is 89.9 Å². The van der Waals surface area contributed by atoms with Gasteiger partial charge in [-0.15, -0.1) is 13.2 Å². The Hall–Kier alpha value is 0.340. The molecule has 0 fully saturated rings. The van der Waals surface area contributed by atoms with E-state index >= 15 is 0 Å². The zero-order chi connectivity index (χ0) is 22.5. The molecule has 0 saturated heterocycles. The fourth-order valence-electron chi connectivity index (χ4n) is 2.18. The van der Waals surface area contributed by atoms with Crippen LogP contribution in [0.4, 0.5) is 0 Å². The Kier molecular flexibility index (Phi) is 69.4. The zero-order valence-electron chi connectivity index (χ0n) is 20.0. The maximum Gasteiger partial charge on any atom is 1.00 e. The standard InChI is InChI=1S/2C10H18O2.CH4O.CH3O.2Na/c2*1-2-3-4-5-6-7-8-9-10(11)12;2*1-2;;/h2*2H,1,3-9H2,(H,11,12);2H,1H3;1H3;;/q;;;-1;2*+1/p-1. The Morgan fingerprint density at radius 2 is 1.00 bits per heavy atom. The van der Waals surface area contributed by atoms with Gasteiger partial charge in [-0.1, -0.05) is 50.7 Å². The number of carbonyl (C=O) groups is 2. The Bertz CT molecular complexity index is 308.